The maximum atomic E-state index is 12.9. The topological polar surface area (TPSA) is 66.9 Å². The van der Waals surface area contributed by atoms with E-state index in [1.807, 2.05) is 19.9 Å². The lowest BCUT2D eigenvalue weighted by atomic mass is 9.71. The zero-order valence-electron chi connectivity index (χ0n) is 13.6. The summed E-state index contributed by atoms with van der Waals surface area (Å²) in [6.07, 6.45) is 4.89. The van der Waals surface area contributed by atoms with Gasteiger partial charge in [0.05, 0.1) is 11.6 Å². The van der Waals surface area contributed by atoms with Gasteiger partial charge in [-0.1, -0.05) is 0 Å². The number of aromatic nitrogens is 2. The number of hydrogen-bond acceptors (Lipinski definition) is 4. The Labute approximate surface area is 139 Å². The minimum absolute atomic E-state index is 0.00182. The van der Waals surface area contributed by atoms with Crippen LogP contribution in [0.1, 0.15) is 43.7 Å². The minimum atomic E-state index is -0.546. The van der Waals surface area contributed by atoms with E-state index in [9.17, 15) is 9.18 Å². The molecule has 1 fully saturated rings. The van der Waals surface area contributed by atoms with E-state index in [1.54, 1.807) is 12.3 Å². The van der Waals surface area contributed by atoms with Crippen molar-refractivity contribution in [3.05, 3.63) is 47.5 Å². The van der Waals surface area contributed by atoms with Gasteiger partial charge in [0.1, 0.15) is 17.5 Å². The number of rotatable bonds is 3. The fourth-order valence-corrected chi connectivity index (χ4v) is 3.61. The van der Waals surface area contributed by atoms with Gasteiger partial charge in [-0.05, 0) is 56.4 Å². The average molecular weight is 326 g/mol. The predicted molar refractivity (Wildman–Crippen MR) is 89.5 cm³/mol. The standard InChI is InChI=1S/C18H19FN4O/c1-18(2)15-13(5-6-20-16(15)23-17(18)24)10-7-12(8-10)22-14-4-3-11(19)9-21-14/h3-6,9-10,12H,7-8H2,1-2H3,(H,21,22)(H,20,23,24). The van der Waals surface area contributed by atoms with Gasteiger partial charge in [0.25, 0.3) is 0 Å². The summed E-state index contributed by atoms with van der Waals surface area (Å²) in [5.41, 5.74) is 1.68. The molecule has 24 heavy (non-hydrogen) atoms. The second kappa shape index (κ2) is 5.26. The van der Waals surface area contributed by atoms with E-state index >= 15 is 0 Å². The molecule has 0 aromatic carbocycles. The second-order valence-electron chi connectivity index (χ2n) is 7.07. The molecule has 0 radical (unpaired) electrons. The summed E-state index contributed by atoms with van der Waals surface area (Å²) in [4.78, 5) is 20.5. The molecule has 1 aliphatic carbocycles. The first-order chi connectivity index (χ1) is 11.4. The summed E-state index contributed by atoms with van der Waals surface area (Å²) in [5, 5.41) is 6.20. The third-order valence-corrected chi connectivity index (χ3v) is 5.07. The normalized spacial score (nSPS) is 24.0. The first-order valence-electron chi connectivity index (χ1n) is 8.14. The molecule has 0 atom stereocenters. The molecule has 1 saturated carbocycles. The van der Waals surface area contributed by atoms with Crippen molar-refractivity contribution in [3.63, 3.8) is 0 Å². The number of pyridine rings is 2. The van der Waals surface area contributed by atoms with Crippen LogP contribution in [-0.4, -0.2) is 21.9 Å². The largest absolute Gasteiger partial charge is 0.367 e. The van der Waals surface area contributed by atoms with E-state index in [0.717, 1.165) is 18.4 Å². The molecule has 2 aromatic heterocycles. The SMILES string of the molecule is CC1(C)C(=O)Nc2nccc(C3CC(Nc4ccc(F)cn4)C3)c21. The molecule has 1 amide bonds. The molecule has 0 unspecified atom stereocenters. The van der Waals surface area contributed by atoms with Gasteiger partial charge in [-0.3, -0.25) is 4.79 Å². The van der Waals surface area contributed by atoms with Crippen molar-refractivity contribution in [3.8, 4) is 0 Å². The lowest BCUT2D eigenvalue weighted by Crippen LogP contribution is -2.36. The van der Waals surface area contributed by atoms with E-state index < -0.39 is 5.41 Å². The van der Waals surface area contributed by atoms with Crippen LogP contribution in [0.2, 0.25) is 0 Å². The molecule has 6 heteroatoms. The van der Waals surface area contributed by atoms with Crippen LogP contribution in [0.15, 0.2) is 30.6 Å². The summed E-state index contributed by atoms with van der Waals surface area (Å²) in [6.45, 7) is 3.88. The molecule has 2 aromatic rings. The second-order valence-corrected chi connectivity index (χ2v) is 7.07. The lowest BCUT2D eigenvalue weighted by Gasteiger charge is -2.38. The van der Waals surface area contributed by atoms with Gasteiger partial charge in [-0.15, -0.1) is 0 Å². The summed E-state index contributed by atoms with van der Waals surface area (Å²) in [7, 11) is 0. The smallest absolute Gasteiger partial charge is 0.235 e. The van der Waals surface area contributed by atoms with Crippen LogP contribution >= 0.6 is 0 Å². The minimum Gasteiger partial charge on any atom is -0.367 e. The number of carbonyl (C=O) groups is 1. The molecule has 4 rings (SSSR count). The number of amides is 1. The van der Waals surface area contributed by atoms with E-state index in [4.69, 9.17) is 0 Å². The fourth-order valence-electron chi connectivity index (χ4n) is 3.61. The molecular weight excluding hydrogens is 307 g/mol. The van der Waals surface area contributed by atoms with Crippen LogP contribution in [0.3, 0.4) is 0 Å². The van der Waals surface area contributed by atoms with Gasteiger partial charge in [-0.25, -0.2) is 14.4 Å². The van der Waals surface area contributed by atoms with Gasteiger partial charge >= 0.3 is 0 Å². The molecule has 124 valence electrons. The number of hydrogen-bond donors (Lipinski definition) is 2. The Kier molecular flexibility index (Phi) is 3.30. The Morgan fingerprint density at radius 3 is 2.75 bits per heavy atom. The molecule has 0 saturated heterocycles. The lowest BCUT2D eigenvalue weighted by molar-refractivity contribution is -0.119. The monoisotopic (exact) mass is 326 g/mol. The molecule has 5 nitrogen and oxygen atoms in total. The van der Waals surface area contributed by atoms with Crippen molar-refractivity contribution in [1.29, 1.82) is 0 Å². The number of nitrogens with one attached hydrogen (secondary N) is 2. The Morgan fingerprint density at radius 2 is 2.04 bits per heavy atom. The summed E-state index contributed by atoms with van der Waals surface area (Å²) in [6, 6.07) is 5.39. The maximum absolute atomic E-state index is 12.9. The number of halogens is 1. The van der Waals surface area contributed by atoms with E-state index in [0.29, 0.717) is 23.6 Å². The Hall–Kier alpha value is -2.50. The van der Waals surface area contributed by atoms with Gasteiger partial charge < -0.3 is 10.6 Å². The molecular formula is C18H19FN4O. The molecule has 2 N–H and O–H groups in total. The van der Waals surface area contributed by atoms with Crippen LogP contribution in [0.5, 0.6) is 0 Å². The van der Waals surface area contributed by atoms with Gasteiger partial charge in [0.2, 0.25) is 5.91 Å². The van der Waals surface area contributed by atoms with Crippen molar-refractivity contribution in [2.45, 2.75) is 44.1 Å². The highest BCUT2D eigenvalue weighted by molar-refractivity contribution is 6.05. The predicted octanol–water partition coefficient (Wildman–Crippen LogP) is 3.20. The van der Waals surface area contributed by atoms with E-state index in [2.05, 4.69) is 20.6 Å². The quantitative estimate of drug-likeness (QED) is 0.909. The highest BCUT2D eigenvalue weighted by Crippen LogP contribution is 2.46. The van der Waals surface area contributed by atoms with Gasteiger partial charge in [0, 0.05) is 17.8 Å². The van der Waals surface area contributed by atoms with Crippen LogP contribution in [0.25, 0.3) is 0 Å². The number of carbonyl (C=O) groups excluding carboxylic acids is 1. The fraction of sp³-hybridized carbons (Fsp3) is 0.389. The highest BCUT2D eigenvalue weighted by Gasteiger charge is 2.44. The summed E-state index contributed by atoms with van der Waals surface area (Å²) >= 11 is 0. The van der Waals surface area contributed by atoms with Crippen LogP contribution in [0, 0.1) is 5.82 Å². The van der Waals surface area contributed by atoms with Gasteiger partial charge in [0.15, 0.2) is 0 Å². The van der Waals surface area contributed by atoms with Gasteiger partial charge in [-0.2, -0.15) is 0 Å². The summed E-state index contributed by atoms with van der Waals surface area (Å²) in [5.74, 6) is 1.45. The Morgan fingerprint density at radius 1 is 1.25 bits per heavy atom. The van der Waals surface area contributed by atoms with Crippen molar-refractivity contribution in [2.24, 2.45) is 0 Å². The van der Waals surface area contributed by atoms with Crippen molar-refractivity contribution < 1.29 is 9.18 Å². The highest BCUT2D eigenvalue weighted by atomic mass is 19.1. The first kappa shape index (κ1) is 15.1. The van der Waals surface area contributed by atoms with Crippen molar-refractivity contribution >= 4 is 17.5 Å². The van der Waals surface area contributed by atoms with Crippen LogP contribution < -0.4 is 10.6 Å². The zero-order valence-corrected chi connectivity index (χ0v) is 13.6. The average Bonchev–Trinajstić information content (AvgIpc) is 2.74. The molecule has 0 spiro atoms. The Balaban J connectivity index is 1.50. The first-order valence-corrected chi connectivity index (χ1v) is 8.14. The number of anilines is 2. The number of nitrogens with zero attached hydrogens (tertiary/aromatic N) is 2. The summed E-state index contributed by atoms with van der Waals surface area (Å²) < 4.78 is 12.9. The third kappa shape index (κ3) is 2.33. The van der Waals surface area contributed by atoms with Crippen molar-refractivity contribution in [2.75, 3.05) is 10.6 Å². The zero-order chi connectivity index (χ0) is 16.9. The molecule has 3 heterocycles. The molecule has 1 aliphatic heterocycles. The third-order valence-electron chi connectivity index (χ3n) is 5.07. The van der Waals surface area contributed by atoms with E-state index in [1.165, 1.54) is 17.8 Å². The van der Waals surface area contributed by atoms with Crippen LogP contribution in [-0.2, 0) is 10.2 Å². The van der Waals surface area contributed by atoms with Crippen LogP contribution in [0.4, 0.5) is 16.0 Å². The number of fused-ring (bicyclic) bond motifs is 1. The van der Waals surface area contributed by atoms with Crippen molar-refractivity contribution in [1.82, 2.24) is 9.97 Å². The molecule has 2 aliphatic rings. The Bertz CT molecular complexity index is 797. The molecule has 0 bridgehead atoms. The maximum Gasteiger partial charge on any atom is 0.235 e. The van der Waals surface area contributed by atoms with E-state index in [-0.39, 0.29) is 11.7 Å².